The molecule has 180 valence electrons. The number of hydrogen-bond donors (Lipinski definition) is 3. The summed E-state index contributed by atoms with van der Waals surface area (Å²) >= 11 is 0. The van der Waals surface area contributed by atoms with E-state index in [2.05, 4.69) is 68.5 Å². The Morgan fingerprint density at radius 3 is 2.41 bits per heavy atom. The Kier molecular flexibility index (Phi) is 4.15. The van der Waals surface area contributed by atoms with Crippen molar-refractivity contribution in [3.05, 3.63) is 108 Å². The van der Waals surface area contributed by atoms with E-state index in [1.165, 1.54) is 16.6 Å². The molecule has 6 heteroatoms. The van der Waals surface area contributed by atoms with Gasteiger partial charge in [0.25, 0.3) is 0 Å². The second-order valence-corrected chi connectivity index (χ2v) is 10.3. The molecular weight excluding hydrogens is 460 g/mol. The van der Waals surface area contributed by atoms with Gasteiger partial charge in [-0.15, -0.1) is 0 Å². The predicted molar refractivity (Wildman–Crippen MR) is 144 cm³/mol. The number of nitrogens with one attached hydrogen (secondary N) is 3. The summed E-state index contributed by atoms with van der Waals surface area (Å²) in [5.41, 5.74) is 7.48. The number of benzene rings is 3. The first-order valence-corrected chi connectivity index (χ1v) is 12.8. The molecule has 3 atom stereocenters. The van der Waals surface area contributed by atoms with Crippen LogP contribution < -0.4 is 5.32 Å². The van der Waals surface area contributed by atoms with E-state index in [0.717, 1.165) is 51.3 Å². The summed E-state index contributed by atoms with van der Waals surface area (Å²) in [5.74, 6) is -1.64. The number of hydrogen-bond acceptors (Lipinski definition) is 2. The Labute approximate surface area is 212 Å². The van der Waals surface area contributed by atoms with Crippen molar-refractivity contribution in [1.82, 2.24) is 19.9 Å². The van der Waals surface area contributed by atoms with Crippen LogP contribution in [0.5, 0.6) is 0 Å². The molecule has 0 saturated carbocycles. The quantitative estimate of drug-likeness (QED) is 0.283. The first kappa shape index (κ1) is 20.6. The van der Waals surface area contributed by atoms with E-state index in [9.17, 15) is 9.59 Å². The molecule has 8 rings (SSSR count). The van der Waals surface area contributed by atoms with Crippen molar-refractivity contribution >= 4 is 44.5 Å². The van der Waals surface area contributed by atoms with Crippen LogP contribution in [0.1, 0.15) is 46.7 Å². The molecule has 1 fully saturated rings. The van der Waals surface area contributed by atoms with E-state index < -0.39 is 11.8 Å². The first-order valence-electron chi connectivity index (χ1n) is 12.8. The van der Waals surface area contributed by atoms with Crippen molar-refractivity contribution in [2.45, 2.75) is 30.7 Å². The van der Waals surface area contributed by atoms with Gasteiger partial charge >= 0.3 is 0 Å². The molecular formula is C31H24N4O2. The van der Waals surface area contributed by atoms with Gasteiger partial charge in [0.05, 0.1) is 23.4 Å². The Morgan fingerprint density at radius 1 is 0.784 bits per heavy atom. The fraction of sp³-hybridized carbons (Fsp3) is 0.161. The minimum atomic E-state index is -0.591. The van der Waals surface area contributed by atoms with Crippen LogP contribution >= 0.6 is 0 Å². The Hall–Kier alpha value is -4.58. The molecule has 5 heterocycles. The fourth-order valence-corrected chi connectivity index (χ4v) is 6.69. The molecule has 3 aromatic heterocycles. The lowest BCUT2D eigenvalue weighted by molar-refractivity contribution is -0.125. The van der Waals surface area contributed by atoms with Gasteiger partial charge in [0.15, 0.2) is 0 Å². The zero-order chi connectivity index (χ0) is 24.7. The highest BCUT2D eigenvalue weighted by atomic mass is 16.2. The predicted octanol–water partition coefficient (Wildman–Crippen LogP) is 5.66. The summed E-state index contributed by atoms with van der Waals surface area (Å²) < 4.78 is 2.33. The zero-order valence-corrected chi connectivity index (χ0v) is 20.0. The van der Waals surface area contributed by atoms with Crippen molar-refractivity contribution in [1.29, 1.82) is 0 Å². The van der Waals surface area contributed by atoms with E-state index in [1.54, 1.807) is 0 Å². The van der Waals surface area contributed by atoms with Gasteiger partial charge in [0, 0.05) is 39.9 Å². The van der Waals surface area contributed by atoms with Gasteiger partial charge in [0.2, 0.25) is 11.8 Å². The number of amides is 2. The number of rotatable bonds is 3. The highest BCUT2D eigenvalue weighted by Crippen LogP contribution is 2.46. The molecule has 0 radical (unpaired) electrons. The number of carbonyl (C=O) groups is 2. The van der Waals surface area contributed by atoms with Gasteiger partial charge in [-0.05, 0) is 53.1 Å². The second kappa shape index (κ2) is 7.46. The van der Waals surface area contributed by atoms with Crippen LogP contribution in [0, 0.1) is 0 Å². The maximum Gasteiger partial charge on any atom is 0.235 e. The molecule has 2 aliphatic rings. The van der Waals surface area contributed by atoms with Crippen molar-refractivity contribution in [3.63, 3.8) is 0 Å². The number of aryl methyl sites for hydroxylation is 1. The molecule has 2 aliphatic heterocycles. The summed E-state index contributed by atoms with van der Waals surface area (Å²) in [4.78, 5) is 33.5. The van der Waals surface area contributed by atoms with E-state index in [0.29, 0.717) is 0 Å². The van der Waals surface area contributed by atoms with Crippen molar-refractivity contribution in [2.24, 2.45) is 0 Å². The van der Waals surface area contributed by atoms with Gasteiger partial charge in [-0.1, -0.05) is 54.6 Å². The van der Waals surface area contributed by atoms with Crippen LogP contribution in [0.15, 0.2) is 85.2 Å². The third kappa shape index (κ3) is 2.87. The third-order valence-corrected chi connectivity index (χ3v) is 8.34. The molecule has 37 heavy (non-hydrogen) atoms. The minimum absolute atomic E-state index is 0.130. The fourth-order valence-electron chi connectivity index (χ4n) is 6.69. The van der Waals surface area contributed by atoms with Crippen molar-refractivity contribution < 1.29 is 9.59 Å². The Bertz CT molecular complexity index is 1850. The molecule has 0 spiro atoms. The average molecular weight is 485 g/mol. The third-order valence-electron chi connectivity index (χ3n) is 8.34. The lowest BCUT2D eigenvalue weighted by Gasteiger charge is -2.25. The topological polar surface area (TPSA) is 82.7 Å². The monoisotopic (exact) mass is 484 g/mol. The molecule has 2 amide bonds. The standard InChI is InChI=1S/C31H24N4O2/c36-30-27(21-15-32-24-11-4-2-8-19(21)24)28(31(37)34-30)22-16-35-26(13-12-17-7-5-9-20(22)29(17)35)25-14-18-6-1-3-10-23(18)33-25/h1-11,14-16,26-28,32-33H,12-13H2,(H,34,36,37)/t26?,27-,28-/m0/s1. The smallest absolute Gasteiger partial charge is 0.235 e. The molecule has 0 aliphatic carbocycles. The van der Waals surface area contributed by atoms with E-state index >= 15 is 0 Å². The summed E-state index contributed by atoms with van der Waals surface area (Å²) in [6.07, 6.45) is 5.95. The number of H-pyrrole nitrogens is 2. The molecule has 6 nitrogen and oxygen atoms in total. The minimum Gasteiger partial charge on any atom is -0.361 e. The number of aromatic amines is 2. The summed E-state index contributed by atoms with van der Waals surface area (Å²) in [6, 6.07) is 25.0. The van der Waals surface area contributed by atoms with Crippen LogP contribution in [0.25, 0.3) is 32.7 Å². The maximum absolute atomic E-state index is 13.4. The Balaban J connectivity index is 1.32. The number of imide groups is 1. The van der Waals surface area contributed by atoms with E-state index in [4.69, 9.17) is 0 Å². The molecule has 6 aromatic rings. The van der Waals surface area contributed by atoms with Gasteiger partial charge in [-0.25, -0.2) is 0 Å². The molecule has 0 bridgehead atoms. The van der Waals surface area contributed by atoms with Crippen LogP contribution in [-0.4, -0.2) is 26.3 Å². The largest absolute Gasteiger partial charge is 0.361 e. The highest BCUT2D eigenvalue weighted by Gasteiger charge is 2.46. The van der Waals surface area contributed by atoms with Crippen LogP contribution in [-0.2, 0) is 16.0 Å². The number of fused-ring (bicyclic) bond motifs is 2. The zero-order valence-electron chi connectivity index (χ0n) is 20.0. The van der Waals surface area contributed by atoms with Crippen LogP contribution in [0.3, 0.4) is 0 Å². The summed E-state index contributed by atoms with van der Waals surface area (Å²) in [5, 5.41) is 5.87. The number of para-hydroxylation sites is 3. The van der Waals surface area contributed by atoms with Gasteiger partial charge in [-0.3, -0.25) is 14.9 Å². The van der Waals surface area contributed by atoms with Crippen molar-refractivity contribution in [3.8, 4) is 0 Å². The lowest BCUT2D eigenvalue weighted by Crippen LogP contribution is -2.21. The maximum atomic E-state index is 13.4. The number of carbonyl (C=O) groups excluding carboxylic acids is 2. The number of nitrogens with zero attached hydrogens (tertiary/aromatic N) is 1. The SMILES string of the molecule is O=C1NC(=O)[C@@H](c2cn3c4c(cccc24)CCC3c2cc3ccccc3[nH]2)[C@@H]1c1c[nH]c2ccccc12. The lowest BCUT2D eigenvalue weighted by atomic mass is 9.83. The summed E-state index contributed by atoms with van der Waals surface area (Å²) in [7, 11) is 0. The molecule has 3 N–H and O–H groups in total. The van der Waals surface area contributed by atoms with Gasteiger partial charge in [0.1, 0.15) is 0 Å². The molecule has 3 aromatic carbocycles. The highest BCUT2D eigenvalue weighted by molar-refractivity contribution is 6.13. The van der Waals surface area contributed by atoms with Crippen LogP contribution in [0.4, 0.5) is 0 Å². The number of aromatic nitrogens is 3. The van der Waals surface area contributed by atoms with E-state index in [-0.39, 0.29) is 17.9 Å². The van der Waals surface area contributed by atoms with Crippen molar-refractivity contribution in [2.75, 3.05) is 0 Å². The first-order chi connectivity index (χ1) is 18.2. The summed E-state index contributed by atoms with van der Waals surface area (Å²) in [6.45, 7) is 0. The second-order valence-electron chi connectivity index (χ2n) is 10.3. The van der Waals surface area contributed by atoms with E-state index in [1.807, 2.05) is 36.5 Å². The normalized spacial score (nSPS) is 21.4. The van der Waals surface area contributed by atoms with Crippen LogP contribution in [0.2, 0.25) is 0 Å². The average Bonchev–Trinajstić information content (AvgIpc) is 3.68. The van der Waals surface area contributed by atoms with Gasteiger partial charge < -0.3 is 14.5 Å². The Morgan fingerprint density at radius 2 is 1.54 bits per heavy atom. The van der Waals surface area contributed by atoms with Gasteiger partial charge in [-0.2, -0.15) is 0 Å². The molecule has 1 unspecified atom stereocenters. The molecule has 1 saturated heterocycles.